The molecule has 0 spiro atoms. The summed E-state index contributed by atoms with van der Waals surface area (Å²) >= 11 is 3.53. The second kappa shape index (κ2) is 9.01. The number of H-pyrrole nitrogens is 1. The molecule has 1 saturated heterocycles. The van der Waals surface area contributed by atoms with Crippen molar-refractivity contribution in [2.24, 2.45) is 0 Å². The highest BCUT2D eigenvalue weighted by Crippen LogP contribution is 2.46. The van der Waals surface area contributed by atoms with Gasteiger partial charge in [-0.3, -0.25) is 10.3 Å². The van der Waals surface area contributed by atoms with Gasteiger partial charge >= 0.3 is 6.09 Å². The molecule has 5 rings (SSSR count). The Bertz CT molecular complexity index is 1110. The average molecular weight is 499 g/mol. The summed E-state index contributed by atoms with van der Waals surface area (Å²) < 4.78 is 13.1. The summed E-state index contributed by atoms with van der Waals surface area (Å²) in [7, 11) is 0. The topological polar surface area (TPSA) is 109 Å². The van der Waals surface area contributed by atoms with Crippen molar-refractivity contribution in [2.75, 3.05) is 11.9 Å². The molecule has 1 aliphatic heterocycles. The number of nitrogens with one attached hydrogen (secondary N) is 2. The number of ether oxygens (including phenoxy) is 2. The number of halogens is 1. The number of nitrogens with zero attached hydrogens (tertiary/aromatic N) is 2. The van der Waals surface area contributed by atoms with Gasteiger partial charge < -0.3 is 19.6 Å². The van der Waals surface area contributed by atoms with Crippen LogP contribution in [0.5, 0.6) is 0 Å². The third-order valence-electron chi connectivity index (χ3n) is 5.87. The Hall–Kier alpha value is -2.75. The number of benzene rings is 1. The fourth-order valence-electron chi connectivity index (χ4n) is 4.36. The number of pyridine rings is 1. The minimum Gasteiger partial charge on any atom is -0.465 e. The molecule has 0 radical (unpaired) electrons. The summed E-state index contributed by atoms with van der Waals surface area (Å²) in [5, 5.41) is 11.2. The maximum absolute atomic E-state index is 10.8. The van der Waals surface area contributed by atoms with Crippen molar-refractivity contribution in [1.29, 1.82) is 0 Å². The van der Waals surface area contributed by atoms with E-state index in [1.807, 2.05) is 18.3 Å². The first kappa shape index (κ1) is 21.1. The number of carbonyl (C=O) groups is 1. The van der Waals surface area contributed by atoms with Gasteiger partial charge in [-0.1, -0.05) is 12.1 Å². The molecule has 2 aromatic heterocycles. The third kappa shape index (κ3) is 4.41. The number of hydrogen-bond acceptors (Lipinski definition) is 5. The van der Waals surface area contributed by atoms with Gasteiger partial charge in [0, 0.05) is 28.5 Å². The van der Waals surface area contributed by atoms with E-state index < -0.39 is 6.09 Å². The van der Waals surface area contributed by atoms with E-state index in [-0.39, 0.29) is 18.3 Å². The Kier molecular flexibility index (Phi) is 5.95. The van der Waals surface area contributed by atoms with E-state index >= 15 is 0 Å². The van der Waals surface area contributed by atoms with E-state index in [0.717, 1.165) is 65.1 Å². The van der Waals surface area contributed by atoms with Crippen LogP contribution >= 0.6 is 15.9 Å². The van der Waals surface area contributed by atoms with Crippen LogP contribution in [0.2, 0.25) is 0 Å². The maximum atomic E-state index is 10.8. The Balaban J connectivity index is 1.38. The molecule has 32 heavy (non-hydrogen) atoms. The van der Waals surface area contributed by atoms with Crippen LogP contribution in [0.15, 0.2) is 47.2 Å². The molecule has 166 valence electrons. The minimum atomic E-state index is -1.09. The van der Waals surface area contributed by atoms with Crippen LogP contribution in [-0.4, -0.2) is 39.0 Å². The van der Waals surface area contributed by atoms with Crippen LogP contribution in [0.25, 0.3) is 11.3 Å². The number of amides is 1. The van der Waals surface area contributed by atoms with E-state index in [4.69, 9.17) is 14.6 Å². The molecule has 1 aromatic carbocycles. The van der Waals surface area contributed by atoms with Crippen LogP contribution in [0, 0.1) is 0 Å². The number of carboxylic acid groups (broad SMARTS) is 1. The Morgan fingerprint density at radius 1 is 1.22 bits per heavy atom. The summed E-state index contributed by atoms with van der Waals surface area (Å²) in [5.74, 6) is 0.827. The lowest BCUT2D eigenvalue weighted by Crippen LogP contribution is -2.23. The second-order valence-corrected chi connectivity index (χ2v) is 8.94. The number of aromatic nitrogens is 3. The zero-order chi connectivity index (χ0) is 22.1. The lowest BCUT2D eigenvalue weighted by Gasteiger charge is -2.26. The highest BCUT2D eigenvalue weighted by molar-refractivity contribution is 9.10. The number of rotatable bonds is 5. The van der Waals surface area contributed by atoms with Crippen molar-refractivity contribution in [2.45, 2.75) is 44.0 Å². The first-order chi connectivity index (χ1) is 15.6. The van der Waals surface area contributed by atoms with Gasteiger partial charge in [0.1, 0.15) is 5.82 Å². The highest BCUT2D eigenvalue weighted by atomic mass is 79.9. The monoisotopic (exact) mass is 498 g/mol. The van der Waals surface area contributed by atoms with Gasteiger partial charge in [-0.2, -0.15) is 0 Å². The van der Waals surface area contributed by atoms with Crippen LogP contribution in [-0.2, 0) is 9.47 Å². The Labute approximate surface area is 193 Å². The molecule has 0 bridgehead atoms. The molecular weight excluding hydrogens is 476 g/mol. The molecule has 2 aliphatic rings. The van der Waals surface area contributed by atoms with Crippen LogP contribution < -0.4 is 5.32 Å². The second-order valence-electron chi connectivity index (χ2n) is 8.03. The molecule has 3 unspecified atom stereocenters. The lowest BCUT2D eigenvalue weighted by atomic mass is 10.1. The van der Waals surface area contributed by atoms with Crippen molar-refractivity contribution in [3.8, 4) is 11.3 Å². The summed E-state index contributed by atoms with van der Waals surface area (Å²) in [6, 6.07) is 9.23. The SMILES string of the molecule is O=C(O)Nc1ccc(-c2cnc(C3CC(OC4CCCCO4)c4cc(Br)cnc43)[nH]2)cc1. The molecule has 3 aromatic rings. The summed E-state index contributed by atoms with van der Waals surface area (Å²) in [5.41, 5.74) is 4.34. The molecule has 3 heterocycles. The average Bonchev–Trinajstić information content (AvgIpc) is 3.40. The predicted octanol–water partition coefficient (Wildman–Crippen LogP) is 5.44. The van der Waals surface area contributed by atoms with Gasteiger partial charge in [-0.25, -0.2) is 9.78 Å². The largest absolute Gasteiger partial charge is 0.465 e. The summed E-state index contributed by atoms with van der Waals surface area (Å²) in [4.78, 5) is 23.6. The Morgan fingerprint density at radius 2 is 2.06 bits per heavy atom. The van der Waals surface area contributed by atoms with Gasteiger partial charge in [-0.15, -0.1) is 0 Å². The third-order valence-corrected chi connectivity index (χ3v) is 6.30. The molecule has 1 aliphatic carbocycles. The van der Waals surface area contributed by atoms with Crippen molar-refractivity contribution >= 4 is 27.7 Å². The fourth-order valence-corrected chi connectivity index (χ4v) is 4.70. The molecule has 3 atom stereocenters. The number of imidazole rings is 1. The molecule has 8 nitrogen and oxygen atoms in total. The zero-order valence-corrected chi connectivity index (χ0v) is 18.8. The molecule has 9 heteroatoms. The van der Waals surface area contributed by atoms with Gasteiger partial charge in [0.25, 0.3) is 0 Å². The van der Waals surface area contributed by atoms with Crippen LogP contribution in [0.3, 0.4) is 0 Å². The molecule has 1 amide bonds. The normalized spacial score (nSPS) is 22.5. The number of anilines is 1. The van der Waals surface area contributed by atoms with Crippen molar-refractivity contribution < 1.29 is 19.4 Å². The number of fused-ring (bicyclic) bond motifs is 1. The van der Waals surface area contributed by atoms with Crippen LogP contribution in [0.4, 0.5) is 10.5 Å². The van der Waals surface area contributed by atoms with E-state index in [1.165, 1.54) is 0 Å². The summed E-state index contributed by atoms with van der Waals surface area (Å²) in [6.45, 7) is 0.743. The van der Waals surface area contributed by atoms with Crippen molar-refractivity contribution in [3.63, 3.8) is 0 Å². The van der Waals surface area contributed by atoms with E-state index in [0.29, 0.717) is 5.69 Å². The molecule has 3 N–H and O–H groups in total. The number of hydrogen-bond donors (Lipinski definition) is 3. The van der Waals surface area contributed by atoms with Gasteiger partial charge in [-0.05, 0) is 65.4 Å². The first-order valence-electron chi connectivity index (χ1n) is 10.6. The van der Waals surface area contributed by atoms with Crippen LogP contribution in [0.1, 0.15) is 54.8 Å². The van der Waals surface area contributed by atoms with E-state index in [2.05, 4.69) is 42.3 Å². The predicted molar refractivity (Wildman–Crippen MR) is 121 cm³/mol. The standard InChI is InChI=1S/C23H23BrN4O4/c24-14-9-16-19(32-20-3-1-2-8-31-20)10-17(21(16)25-11-14)22-26-12-18(28-22)13-4-6-15(7-5-13)27-23(29)30/h4-7,9,11-12,17,19-20,27H,1-3,8,10H2,(H,26,28)(H,29,30). The quantitative estimate of drug-likeness (QED) is 0.431. The van der Waals surface area contributed by atoms with Gasteiger partial charge in [0.2, 0.25) is 0 Å². The smallest absolute Gasteiger partial charge is 0.409 e. The molecule has 1 fully saturated rings. The van der Waals surface area contributed by atoms with E-state index in [1.54, 1.807) is 18.3 Å². The first-order valence-corrected chi connectivity index (χ1v) is 11.4. The number of aromatic amines is 1. The lowest BCUT2D eigenvalue weighted by molar-refractivity contribution is -0.189. The Morgan fingerprint density at radius 3 is 2.81 bits per heavy atom. The fraction of sp³-hybridized carbons (Fsp3) is 0.348. The van der Waals surface area contributed by atoms with Gasteiger partial charge in [0.15, 0.2) is 6.29 Å². The maximum Gasteiger partial charge on any atom is 0.409 e. The zero-order valence-electron chi connectivity index (χ0n) is 17.3. The highest BCUT2D eigenvalue weighted by Gasteiger charge is 2.37. The molecular formula is C23H23BrN4O4. The van der Waals surface area contributed by atoms with Gasteiger partial charge in [0.05, 0.1) is 29.6 Å². The summed E-state index contributed by atoms with van der Waals surface area (Å²) in [6.07, 6.45) is 6.10. The van der Waals surface area contributed by atoms with Crippen molar-refractivity contribution in [3.05, 3.63) is 64.3 Å². The molecule has 0 saturated carbocycles. The van der Waals surface area contributed by atoms with Crippen molar-refractivity contribution in [1.82, 2.24) is 15.0 Å². The minimum absolute atomic E-state index is 0.00612. The van der Waals surface area contributed by atoms with E-state index in [9.17, 15) is 4.79 Å².